The molecule has 0 bridgehead atoms. The maximum absolute atomic E-state index is 12.7. The molecular weight excluding hydrogens is 328 g/mol. The Morgan fingerprint density at radius 3 is 2.92 bits per heavy atom. The van der Waals surface area contributed by atoms with Gasteiger partial charge >= 0.3 is 0 Å². The number of benzene rings is 1. The Morgan fingerprint density at radius 2 is 2.15 bits per heavy atom. The summed E-state index contributed by atoms with van der Waals surface area (Å²) in [6.45, 7) is 4.41. The maximum atomic E-state index is 12.7. The fourth-order valence-electron chi connectivity index (χ4n) is 3.82. The van der Waals surface area contributed by atoms with Crippen LogP contribution in [0.2, 0.25) is 0 Å². The van der Waals surface area contributed by atoms with Crippen molar-refractivity contribution in [2.45, 2.75) is 38.6 Å². The third kappa shape index (κ3) is 3.05. The molecule has 2 aliphatic rings. The highest BCUT2D eigenvalue weighted by Gasteiger charge is 2.33. The summed E-state index contributed by atoms with van der Waals surface area (Å²) in [6, 6.07) is 7.80. The molecule has 1 amide bonds. The molecule has 1 N–H and O–H groups in total. The summed E-state index contributed by atoms with van der Waals surface area (Å²) < 4.78 is 5.44. The SMILES string of the molecule is COc1ccccc1CN1C(=O)Cc2c(C)nc(C3CCCNC3)nc21. The van der Waals surface area contributed by atoms with Crippen LogP contribution in [0.1, 0.15) is 41.4 Å². The quantitative estimate of drug-likeness (QED) is 0.915. The fourth-order valence-corrected chi connectivity index (χ4v) is 3.82. The number of aryl methyl sites for hydroxylation is 1. The van der Waals surface area contributed by atoms with Crippen molar-refractivity contribution in [1.82, 2.24) is 15.3 Å². The Bertz CT molecular complexity index is 831. The van der Waals surface area contributed by atoms with Gasteiger partial charge in [0.1, 0.15) is 17.4 Å². The molecule has 1 fully saturated rings. The molecule has 1 unspecified atom stereocenters. The first-order valence-corrected chi connectivity index (χ1v) is 9.17. The number of hydrogen-bond donors (Lipinski definition) is 1. The number of para-hydroxylation sites is 1. The van der Waals surface area contributed by atoms with Gasteiger partial charge in [-0.05, 0) is 32.4 Å². The van der Waals surface area contributed by atoms with Crippen LogP contribution < -0.4 is 15.0 Å². The van der Waals surface area contributed by atoms with Gasteiger partial charge in [0.2, 0.25) is 5.91 Å². The van der Waals surface area contributed by atoms with Gasteiger partial charge in [0.15, 0.2) is 0 Å². The van der Waals surface area contributed by atoms with Crippen molar-refractivity contribution in [2.75, 3.05) is 25.1 Å². The number of piperidine rings is 1. The average molecular weight is 352 g/mol. The Kier molecular flexibility index (Phi) is 4.59. The minimum atomic E-state index is 0.0715. The Labute approximate surface area is 153 Å². The highest BCUT2D eigenvalue weighted by molar-refractivity contribution is 6.00. The van der Waals surface area contributed by atoms with Crippen LogP contribution >= 0.6 is 0 Å². The van der Waals surface area contributed by atoms with Gasteiger partial charge in [0, 0.05) is 29.3 Å². The minimum absolute atomic E-state index is 0.0715. The van der Waals surface area contributed by atoms with Crippen molar-refractivity contribution in [1.29, 1.82) is 0 Å². The standard InChI is InChI=1S/C20H24N4O2/c1-13-16-10-18(25)24(12-15-6-3-4-8-17(15)26-2)20(16)23-19(22-13)14-7-5-9-21-11-14/h3-4,6,8,14,21H,5,7,9-12H2,1-2H3. The third-order valence-electron chi connectivity index (χ3n) is 5.28. The van der Waals surface area contributed by atoms with Crippen LogP contribution in [-0.2, 0) is 17.8 Å². The van der Waals surface area contributed by atoms with E-state index in [4.69, 9.17) is 14.7 Å². The second-order valence-corrected chi connectivity index (χ2v) is 6.98. The molecule has 0 radical (unpaired) electrons. The molecule has 1 atom stereocenters. The first-order chi connectivity index (χ1) is 12.7. The van der Waals surface area contributed by atoms with Crippen molar-refractivity contribution < 1.29 is 9.53 Å². The second kappa shape index (κ2) is 7.03. The van der Waals surface area contributed by atoms with Gasteiger partial charge in [-0.2, -0.15) is 0 Å². The number of carbonyl (C=O) groups excluding carboxylic acids is 1. The van der Waals surface area contributed by atoms with Crippen LogP contribution in [0.15, 0.2) is 24.3 Å². The summed E-state index contributed by atoms with van der Waals surface area (Å²) in [5, 5.41) is 3.42. The van der Waals surface area contributed by atoms with Crippen LogP contribution in [0, 0.1) is 6.92 Å². The van der Waals surface area contributed by atoms with Crippen molar-refractivity contribution in [2.24, 2.45) is 0 Å². The van der Waals surface area contributed by atoms with Crippen molar-refractivity contribution in [3.8, 4) is 5.75 Å². The number of carbonyl (C=O) groups is 1. The summed E-state index contributed by atoms with van der Waals surface area (Å²) in [7, 11) is 1.65. The van der Waals surface area contributed by atoms with E-state index in [0.29, 0.717) is 18.9 Å². The number of nitrogens with one attached hydrogen (secondary N) is 1. The van der Waals surface area contributed by atoms with E-state index in [2.05, 4.69) is 5.32 Å². The van der Waals surface area contributed by atoms with Gasteiger partial charge in [-0.15, -0.1) is 0 Å². The number of anilines is 1. The van der Waals surface area contributed by atoms with E-state index in [1.807, 2.05) is 31.2 Å². The normalized spacial score (nSPS) is 19.5. The zero-order valence-corrected chi connectivity index (χ0v) is 15.3. The lowest BCUT2D eigenvalue weighted by Crippen LogP contribution is -2.30. The molecule has 0 saturated carbocycles. The molecule has 4 rings (SSSR count). The van der Waals surface area contributed by atoms with Gasteiger partial charge in [0.25, 0.3) is 0 Å². The van der Waals surface area contributed by atoms with Gasteiger partial charge in [-0.3, -0.25) is 9.69 Å². The third-order valence-corrected chi connectivity index (χ3v) is 5.28. The Morgan fingerprint density at radius 1 is 1.31 bits per heavy atom. The topological polar surface area (TPSA) is 67.3 Å². The number of hydrogen-bond acceptors (Lipinski definition) is 5. The summed E-state index contributed by atoms with van der Waals surface area (Å²) in [5.41, 5.74) is 2.86. The zero-order chi connectivity index (χ0) is 18.1. The van der Waals surface area contributed by atoms with Crippen LogP contribution in [0.5, 0.6) is 5.75 Å². The number of nitrogens with zero attached hydrogens (tertiary/aromatic N) is 3. The van der Waals surface area contributed by atoms with Gasteiger partial charge in [-0.1, -0.05) is 18.2 Å². The molecular formula is C20H24N4O2. The lowest BCUT2D eigenvalue weighted by molar-refractivity contribution is -0.117. The van der Waals surface area contributed by atoms with Crippen LogP contribution in [-0.4, -0.2) is 36.1 Å². The monoisotopic (exact) mass is 352 g/mol. The predicted molar refractivity (Wildman–Crippen MR) is 99.5 cm³/mol. The molecule has 6 nitrogen and oxygen atoms in total. The number of methoxy groups -OCH3 is 1. The first kappa shape index (κ1) is 17.0. The molecule has 0 spiro atoms. The lowest BCUT2D eigenvalue weighted by atomic mass is 9.98. The van der Waals surface area contributed by atoms with Crippen LogP contribution in [0.3, 0.4) is 0 Å². The molecule has 1 aromatic heterocycles. The summed E-state index contributed by atoms with van der Waals surface area (Å²) in [5.74, 6) is 2.80. The minimum Gasteiger partial charge on any atom is -0.496 e. The van der Waals surface area contributed by atoms with Crippen LogP contribution in [0.25, 0.3) is 0 Å². The molecule has 2 aliphatic heterocycles. The van der Waals surface area contributed by atoms with Gasteiger partial charge in [-0.25, -0.2) is 9.97 Å². The van der Waals surface area contributed by atoms with E-state index in [9.17, 15) is 4.79 Å². The number of aromatic nitrogens is 2. The molecule has 136 valence electrons. The molecule has 1 saturated heterocycles. The Hall–Kier alpha value is -2.47. The summed E-state index contributed by atoms with van der Waals surface area (Å²) in [6.07, 6.45) is 2.60. The van der Waals surface area contributed by atoms with Crippen LogP contribution in [0.4, 0.5) is 5.82 Å². The number of rotatable bonds is 4. The predicted octanol–water partition coefficient (Wildman–Crippen LogP) is 2.35. The smallest absolute Gasteiger partial charge is 0.233 e. The van der Waals surface area contributed by atoms with Gasteiger partial charge in [0.05, 0.1) is 20.1 Å². The number of ether oxygens (including phenoxy) is 1. The number of fused-ring (bicyclic) bond motifs is 1. The summed E-state index contributed by atoms with van der Waals surface area (Å²) in [4.78, 5) is 24.0. The second-order valence-electron chi connectivity index (χ2n) is 6.98. The zero-order valence-electron chi connectivity index (χ0n) is 15.3. The molecule has 2 aromatic rings. The van der Waals surface area contributed by atoms with Crippen molar-refractivity contribution in [3.63, 3.8) is 0 Å². The first-order valence-electron chi connectivity index (χ1n) is 9.17. The van der Waals surface area contributed by atoms with E-state index in [0.717, 1.165) is 60.1 Å². The molecule has 6 heteroatoms. The highest BCUT2D eigenvalue weighted by Crippen LogP contribution is 2.33. The van der Waals surface area contributed by atoms with E-state index in [1.165, 1.54) is 0 Å². The largest absolute Gasteiger partial charge is 0.496 e. The number of amides is 1. The van der Waals surface area contributed by atoms with Crippen molar-refractivity contribution >= 4 is 11.7 Å². The molecule has 1 aromatic carbocycles. The van der Waals surface area contributed by atoms with E-state index >= 15 is 0 Å². The van der Waals surface area contributed by atoms with E-state index < -0.39 is 0 Å². The van der Waals surface area contributed by atoms with E-state index in [-0.39, 0.29) is 5.91 Å². The lowest BCUT2D eigenvalue weighted by Gasteiger charge is -2.24. The van der Waals surface area contributed by atoms with Crippen molar-refractivity contribution in [3.05, 3.63) is 46.9 Å². The molecule has 3 heterocycles. The van der Waals surface area contributed by atoms with Gasteiger partial charge < -0.3 is 10.1 Å². The van der Waals surface area contributed by atoms with E-state index in [1.54, 1.807) is 12.0 Å². The molecule has 26 heavy (non-hydrogen) atoms. The Balaban J connectivity index is 1.68. The molecule has 0 aliphatic carbocycles. The highest BCUT2D eigenvalue weighted by atomic mass is 16.5. The maximum Gasteiger partial charge on any atom is 0.233 e. The summed E-state index contributed by atoms with van der Waals surface area (Å²) >= 11 is 0. The fraction of sp³-hybridized carbons (Fsp3) is 0.450. The average Bonchev–Trinajstić information content (AvgIpc) is 2.99.